The number of nitrogens with zero attached hydrogens (tertiary/aromatic N) is 2. The highest BCUT2D eigenvalue weighted by Gasteiger charge is 2.25. The van der Waals surface area contributed by atoms with Crippen LogP contribution in [0.4, 0.5) is 0 Å². The monoisotopic (exact) mass is 271 g/mol. The number of rotatable bonds is 6. The third kappa shape index (κ3) is 5.16. The van der Waals surface area contributed by atoms with Crippen LogP contribution >= 0.6 is 0 Å². The first-order chi connectivity index (χ1) is 8.93. The van der Waals surface area contributed by atoms with Gasteiger partial charge in [0.2, 0.25) is 5.91 Å². The maximum Gasteiger partial charge on any atom is 0.323 e. The fourth-order valence-corrected chi connectivity index (χ4v) is 2.25. The molecule has 3 N–H and O–H groups in total. The number of hydrogen-bond acceptors (Lipinski definition) is 4. The average Bonchev–Trinajstić information content (AvgIpc) is 2.37. The maximum absolute atomic E-state index is 12.2. The van der Waals surface area contributed by atoms with Crippen LogP contribution in [-0.2, 0) is 9.59 Å². The average molecular weight is 271 g/mol. The smallest absolute Gasteiger partial charge is 0.323 e. The van der Waals surface area contributed by atoms with Gasteiger partial charge in [-0.15, -0.1) is 0 Å². The van der Waals surface area contributed by atoms with Crippen molar-refractivity contribution in [1.29, 1.82) is 0 Å². The molecule has 0 radical (unpaired) electrons. The van der Waals surface area contributed by atoms with Gasteiger partial charge in [0.05, 0.1) is 6.54 Å². The van der Waals surface area contributed by atoms with E-state index in [1.165, 1.54) is 4.90 Å². The van der Waals surface area contributed by atoms with Gasteiger partial charge in [0.15, 0.2) is 0 Å². The number of carbonyl (C=O) groups is 2. The molecule has 1 rings (SSSR count). The molecular formula is C13H25N3O3. The Kier molecular flexibility index (Phi) is 6.24. The normalized spacial score (nSPS) is 19.1. The van der Waals surface area contributed by atoms with Crippen LogP contribution in [0.15, 0.2) is 0 Å². The molecule has 1 amide bonds. The Morgan fingerprint density at radius 1 is 1.42 bits per heavy atom. The second-order valence-electron chi connectivity index (χ2n) is 5.29. The molecule has 0 aromatic heterocycles. The van der Waals surface area contributed by atoms with Crippen molar-refractivity contribution in [2.45, 2.75) is 45.2 Å². The van der Waals surface area contributed by atoms with Crippen LogP contribution in [-0.4, -0.2) is 65.0 Å². The summed E-state index contributed by atoms with van der Waals surface area (Å²) in [5.41, 5.74) is 5.82. The van der Waals surface area contributed by atoms with Crippen LogP contribution in [0.5, 0.6) is 0 Å². The summed E-state index contributed by atoms with van der Waals surface area (Å²) in [4.78, 5) is 26.6. The molecule has 19 heavy (non-hydrogen) atoms. The van der Waals surface area contributed by atoms with Crippen molar-refractivity contribution in [2.24, 2.45) is 5.73 Å². The van der Waals surface area contributed by atoms with Crippen LogP contribution in [0.3, 0.4) is 0 Å². The first kappa shape index (κ1) is 15.9. The van der Waals surface area contributed by atoms with E-state index in [9.17, 15) is 9.59 Å². The molecule has 0 aliphatic carbocycles. The zero-order valence-electron chi connectivity index (χ0n) is 11.8. The summed E-state index contributed by atoms with van der Waals surface area (Å²) in [6, 6.07) is 0.187. The molecule has 0 bridgehead atoms. The minimum atomic E-state index is -0.964. The van der Waals surface area contributed by atoms with Crippen molar-refractivity contribution >= 4 is 11.9 Å². The van der Waals surface area contributed by atoms with Crippen molar-refractivity contribution in [3.63, 3.8) is 0 Å². The lowest BCUT2D eigenvalue weighted by atomic mass is 10.1. The second-order valence-corrected chi connectivity index (χ2v) is 5.29. The Labute approximate surface area is 114 Å². The number of amides is 1. The summed E-state index contributed by atoms with van der Waals surface area (Å²) >= 11 is 0. The van der Waals surface area contributed by atoms with Crippen LogP contribution in [0.25, 0.3) is 0 Å². The summed E-state index contributed by atoms with van der Waals surface area (Å²) in [6.07, 6.45) is 2.55. The standard InChI is InChI=1S/C13H25N3O3/c1-3-10(2)16(9-13(18)19)12(17)8-15-6-4-11(14)5-7-15/h10-11H,3-9,14H2,1-2H3,(H,18,19). The second kappa shape index (κ2) is 7.45. The summed E-state index contributed by atoms with van der Waals surface area (Å²) in [7, 11) is 0. The predicted molar refractivity (Wildman–Crippen MR) is 72.8 cm³/mol. The maximum atomic E-state index is 12.2. The number of nitrogens with two attached hydrogens (primary N) is 1. The highest BCUT2D eigenvalue weighted by atomic mass is 16.4. The number of carbonyl (C=O) groups excluding carboxylic acids is 1. The van der Waals surface area contributed by atoms with Gasteiger partial charge in [-0.05, 0) is 26.2 Å². The number of piperidine rings is 1. The van der Waals surface area contributed by atoms with Gasteiger partial charge in [-0.1, -0.05) is 6.92 Å². The zero-order chi connectivity index (χ0) is 14.4. The molecular weight excluding hydrogens is 246 g/mol. The fourth-order valence-electron chi connectivity index (χ4n) is 2.25. The highest BCUT2D eigenvalue weighted by molar-refractivity contribution is 5.83. The lowest BCUT2D eigenvalue weighted by Gasteiger charge is -2.33. The number of aliphatic carboxylic acids is 1. The van der Waals surface area contributed by atoms with E-state index in [0.717, 1.165) is 32.4 Å². The van der Waals surface area contributed by atoms with Gasteiger partial charge in [-0.3, -0.25) is 14.5 Å². The number of carboxylic acids is 1. The first-order valence-electron chi connectivity index (χ1n) is 6.93. The molecule has 1 heterocycles. The van der Waals surface area contributed by atoms with E-state index >= 15 is 0 Å². The minimum absolute atomic E-state index is 0.0457. The molecule has 110 valence electrons. The van der Waals surface area contributed by atoms with Crippen molar-refractivity contribution in [3.8, 4) is 0 Å². The Hall–Kier alpha value is -1.14. The Morgan fingerprint density at radius 2 is 2.00 bits per heavy atom. The lowest BCUT2D eigenvalue weighted by Crippen LogP contribution is -2.49. The summed E-state index contributed by atoms with van der Waals surface area (Å²) in [5.74, 6) is -1.07. The van der Waals surface area contributed by atoms with E-state index < -0.39 is 5.97 Å². The lowest BCUT2D eigenvalue weighted by molar-refractivity contribution is -0.146. The SMILES string of the molecule is CCC(C)N(CC(=O)O)C(=O)CN1CCC(N)CC1. The van der Waals surface area contributed by atoms with Gasteiger partial charge in [0.1, 0.15) is 6.54 Å². The topological polar surface area (TPSA) is 86.9 Å². The highest BCUT2D eigenvalue weighted by Crippen LogP contribution is 2.10. The van der Waals surface area contributed by atoms with Crippen LogP contribution in [0, 0.1) is 0 Å². The van der Waals surface area contributed by atoms with E-state index in [2.05, 4.69) is 4.90 Å². The number of likely N-dealkylation sites (tertiary alicyclic amines) is 1. The predicted octanol–water partition coefficient (Wildman–Crippen LogP) is 0.121. The molecule has 0 spiro atoms. The van der Waals surface area contributed by atoms with E-state index in [-0.39, 0.29) is 24.5 Å². The third-order valence-electron chi connectivity index (χ3n) is 3.74. The van der Waals surface area contributed by atoms with Gasteiger partial charge in [0.25, 0.3) is 0 Å². The molecule has 6 nitrogen and oxygen atoms in total. The van der Waals surface area contributed by atoms with Crippen molar-refractivity contribution in [3.05, 3.63) is 0 Å². The van der Waals surface area contributed by atoms with E-state index in [1.54, 1.807) is 0 Å². The van der Waals surface area contributed by atoms with Crippen molar-refractivity contribution in [1.82, 2.24) is 9.80 Å². The molecule has 1 atom stereocenters. The van der Waals surface area contributed by atoms with Gasteiger partial charge in [-0.2, -0.15) is 0 Å². The van der Waals surface area contributed by atoms with E-state index in [4.69, 9.17) is 10.8 Å². The van der Waals surface area contributed by atoms with Gasteiger partial charge >= 0.3 is 5.97 Å². The van der Waals surface area contributed by atoms with Gasteiger partial charge < -0.3 is 15.7 Å². The van der Waals surface area contributed by atoms with E-state index in [1.807, 2.05) is 13.8 Å². The van der Waals surface area contributed by atoms with Crippen LogP contribution in [0.2, 0.25) is 0 Å². The minimum Gasteiger partial charge on any atom is -0.480 e. The molecule has 1 unspecified atom stereocenters. The first-order valence-corrected chi connectivity index (χ1v) is 6.93. The Balaban J connectivity index is 2.53. The Morgan fingerprint density at radius 3 is 2.47 bits per heavy atom. The Bertz CT molecular complexity index is 314. The molecule has 0 saturated carbocycles. The fraction of sp³-hybridized carbons (Fsp3) is 0.846. The largest absolute Gasteiger partial charge is 0.480 e. The zero-order valence-corrected chi connectivity index (χ0v) is 11.8. The molecule has 1 saturated heterocycles. The molecule has 1 aliphatic heterocycles. The van der Waals surface area contributed by atoms with Crippen molar-refractivity contribution in [2.75, 3.05) is 26.2 Å². The van der Waals surface area contributed by atoms with Gasteiger partial charge in [-0.25, -0.2) is 0 Å². The summed E-state index contributed by atoms with van der Waals surface area (Å²) < 4.78 is 0. The molecule has 0 aromatic carbocycles. The molecule has 6 heteroatoms. The third-order valence-corrected chi connectivity index (χ3v) is 3.74. The van der Waals surface area contributed by atoms with Crippen molar-refractivity contribution < 1.29 is 14.7 Å². The van der Waals surface area contributed by atoms with Gasteiger partial charge in [0, 0.05) is 25.2 Å². The van der Waals surface area contributed by atoms with Crippen LogP contribution < -0.4 is 5.73 Å². The van der Waals surface area contributed by atoms with Crippen LogP contribution in [0.1, 0.15) is 33.1 Å². The quantitative estimate of drug-likeness (QED) is 0.716. The summed E-state index contributed by atoms with van der Waals surface area (Å²) in [5, 5.41) is 8.89. The number of carboxylic acid groups (broad SMARTS) is 1. The molecule has 0 aromatic rings. The molecule has 1 aliphatic rings. The van der Waals surface area contributed by atoms with E-state index in [0.29, 0.717) is 6.54 Å². The number of hydrogen-bond donors (Lipinski definition) is 2. The summed E-state index contributed by atoms with van der Waals surface area (Å²) in [6.45, 7) is 5.54. The molecule has 1 fully saturated rings.